The zero-order valence-electron chi connectivity index (χ0n) is 10.7. The fraction of sp³-hybridized carbons (Fsp3) is 0.250. The molecule has 104 valence electrons. The highest BCUT2D eigenvalue weighted by atomic mass is 32.2. The highest BCUT2D eigenvalue weighted by Crippen LogP contribution is 2.35. The average molecular weight is 292 g/mol. The summed E-state index contributed by atoms with van der Waals surface area (Å²) in [5, 5.41) is 8.82. The molecule has 2 N–H and O–H groups in total. The predicted octanol–water partition coefficient (Wildman–Crippen LogP) is 0.788. The van der Waals surface area contributed by atoms with Crippen molar-refractivity contribution in [1.29, 1.82) is 0 Å². The smallest absolute Gasteiger partial charge is 0.231 e. The van der Waals surface area contributed by atoms with Crippen LogP contribution in [0.3, 0.4) is 0 Å². The minimum atomic E-state index is -0.386. The molecule has 1 amide bonds. The number of hydrogen-bond donors (Lipinski definition) is 1. The van der Waals surface area contributed by atoms with E-state index in [0.717, 1.165) is 11.3 Å². The summed E-state index contributed by atoms with van der Waals surface area (Å²) in [5.41, 5.74) is 5.99. The normalized spacial score (nSPS) is 12.7. The maximum Gasteiger partial charge on any atom is 0.231 e. The van der Waals surface area contributed by atoms with Crippen LogP contribution < -0.4 is 15.2 Å². The van der Waals surface area contributed by atoms with Gasteiger partial charge in [-0.3, -0.25) is 4.79 Å². The van der Waals surface area contributed by atoms with Crippen molar-refractivity contribution in [2.45, 2.75) is 5.16 Å². The lowest BCUT2D eigenvalue weighted by molar-refractivity contribution is -0.115. The lowest BCUT2D eigenvalue weighted by Gasteiger charge is -2.04. The van der Waals surface area contributed by atoms with Gasteiger partial charge in [0.1, 0.15) is 0 Å². The standard InChI is InChI=1S/C12H12N4O3S/c1-16-11(14-15-12(16)20-5-10(13)17)7-2-3-8-9(4-7)19-6-18-8/h2-4H,5-6H2,1H3,(H2,13,17). The van der Waals surface area contributed by atoms with E-state index >= 15 is 0 Å². The van der Waals surface area contributed by atoms with Gasteiger partial charge >= 0.3 is 0 Å². The van der Waals surface area contributed by atoms with Crippen LogP contribution in [0.1, 0.15) is 0 Å². The average Bonchev–Trinajstić information content (AvgIpc) is 3.02. The summed E-state index contributed by atoms with van der Waals surface area (Å²) >= 11 is 1.25. The zero-order chi connectivity index (χ0) is 14.1. The lowest BCUT2D eigenvalue weighted by Crippen LogP contribution is -2.13. The number of nitrogens with zero attached hydrogens (tertiary/aromatic N) is 3. The van der Waals surface area contributed by atoms with Crippen molar-refractivity contribution in [2.75, 3.05) is 12.5 Å². The fourth-order valence-electron chi connectivity index (χ4n) is 1.86. The van der Waals surface area contributed by atoms with Gasteiger partial charge in [-0.05, 0) is 18.2 Å². The largest absolute Gasteiger partial charge is 0.454 e. The summed E-state index contributed by atoms with van der Waals surface area (Å²) < 4.78 is 12.4. The maximum atomic E-state index is 10.8. The Morgan fingerprint density at radius 2 is 2.20 bits per heavy atom. The second kappa shape index (κ2) is 5.04. The van der Waals surface area contributed by atoms with Gasteiger partial charge in [-0.15, -0.1) is 10.2 Å². The highest BCUT2D eigenvalue weighted by Gasteiger charge is 2.17. The Kier molecular flexibility index (Phi) is 3.23. The molecule has 1 aliphatic rings. The molecule has 2 heterocycles. The molecule has 3 rings (SSSR count). The van der Waals surface area contributed by atoms with Crippen LogP contribution in [-0.2, 0) is 11.8 Å². The molecule has 0 atom stereocenters. The molecule has 0 bridgehead atoms. The van der Waals surface area contributed by atoms with Crippen molar-refractivity contribution in [3.63, 3.8) is 0 Å². The van der Waals surface area contributed by atoms with Crippen molar-refractivity contribution in [3.8, 4) is 22.9 Å². The van der Waals surface area contributed by atoms with Crippen molar-refractivity contribution in [2.24, 2.45) is 12.8 Å². The molecular weight excluding hydrogens is 280 g/mol. The van der Waals surface area contributed by atoms with E-state index in [4.69, 9.17) is 15.2 Å². The van der Waals surface area contributed by atoms with Crippen LogP contribution in [0.15, 0.2) is 23.4 Å². The minimum absolute atomic E-state index is 0.174. The van der Waals surface area contributed by atoms with Crippen LogP contribution in [0.2, 0.25) is 0 Å². The van der Waals surface area contributed by atoms with Crippen molar-refractivity contribution >= 4 is 17.7 Å². The van der Waals surface area contributed by atoms with Crippen LogP contribution in [0.25, 0.3) is 11.4 Å². The van der Waals surface area contributed by atoms with E-state index in [9.17, 15) is 4.79 Å². The Morgan fingerprint density at radius 3 is 3.00 bits per heavy atom. The van der Waals surface area contributed by atoms with E-state index in [-0.39, 0.29) is 18.5 Å². The summed E-state index contributed by atoms with van der Waals surface area (Å²) in [7, 11) is 1.84. The van der Waals surface area contributed by atoms with E-state index in [1.807, 2.05) is 29.8 Å². The Labute approximate surface area is 119 Å². The molecule has 1 aliphatic heterocycles. The monoisotopic (exact) mass is 292 g/mol. The van der Waals surface area contributed by atoms with Crippen LogP contribution >= 0.6 is 11.8 Å². The number of thioether (sulfide) groups is 1. The van der Waals surface area contributed by atoms with Crippen LogP contribution in [0, 0.1) is 0 Å². The highest BCUT2D eigenvalue weighted by molar-refractivity contribution is 7.99. The summed E-state index contributed by atoms with van der Waals surface area (Å²) in [4.78, 5) is 10.8. The number of hydrogen-bond acceptors (Lipinski definition) is 6. The number of primary amides is 1. The summed E-state index contributed by atoms with van der Waals surface area (Å²) in [6.07, 6.45) is 0. The van der Waals surface area contributed by atoms with Gasteiger partial charge in [0.05, 0.1) is 5.75 Å². The number of fused-ring (bicyclic) bond motifs is 1. The maximum absolute atomic E-state index is 10.8. The third kappa shape index (κ3) is 2.29. The first-order valence-corrected chi connectivity index (χ1v) is 6.84. The molecule has 1 aromatic heterocycles. The van der Waals surface area contributed by atoms with Crippen LogP contribution in [-0.4, -0.2) is 33.2 Å². The molecule has 0 saturated heterocycles. The SMILES string of the molecule is Cn1c(SCC(N)=O)nnc1-c1ccc2c(c1)OCO2. The number of aromatic nitrogens is 3. The van der Waals surface area contributed by atoms with Crippen molar-refractivity contribution in [1.82, 2.24) is 14.8 Å². The number of carbonyl (C=O) groups is 1. The third-order valence-electron chi connectivity index (χ3n) is 2.81. The Balaban J connectivity index is 1.89. The number of carbonyl (C=O) groups excluding carboxylic acids is 1. The predicted molar refractivity (Wildman–Crippen MR) is 72.5 cm³/mol. The molecular formula is C12H12N4O3S. The first-order valence-electron chi connectivity index (χ1n) is 5.85. The van der Waals surface area contributed by atoms with Gasteiger partial charge in [0.25, 0.3) is 0 Å². The first-order chi connectivity index (χ1) is 9.65. The Bertz CT molecular complexity index is 671. The molecule has 20 heavy (non-hydrogen) atoms. The van der Waals surface area contributed by atoms with E-state index in [1.165, 1.54) is 11.8 Å². The number of nitrogens with two attached hydrogens (primary N) is 1. The molecule has 0 spiro atoms. The summed E-state index contributed by atoms with van der Waals surface area (Å²) in [6.45, 7) is 0.233. The number of ether oxygens (including phenoxy) is 2. The van der Waals surface area contributed by atoms with E-state index in [0.29, 0.717) is 16.7 Å². The second-order valence-electron chi connectivity index (χ2n) is 4.19. The molecule has 2 aromatic rings. The van der Waals surface area contributed by atoms with Gasteiger partial charge in [-0.1, -0.05) is 11.8 Å². The molecule has 1 aromatic carbocycles. The summed E-state index contributed by atoms with van der Waals surface area (Å²) in [6, 6.07) is 5.58. The van der Waals surface area contributed by atoms with Gasteiger partial charge in [-0.25, -0.2) is 0 Å². The Hall–Kier alpha value is -2.22. The zero-order valence-corrected chi connectivity index (χ0v) is 11.5. The van der Waals surface area contributed by atoms with Gasteiger partial charge in [0, 0.05) is 12.6 Å². The molecule has 0 unspecified atom stereocenters. The topological polar surface area (TPSA) is 92.3 Å². The molecule has 0 fully saturated rings. The van der Waals surface area contributed by atoms with Gasteiger partial charge in [0.15, 0.2) is 22.5 Å². The van der Waals surface area contributed by atoms with E-state index < -0.39 is 0 Å². The number of amides is 1. The van der Waals surface area contributed by atoms with Crippen LogP contribution in [0.5, 0.6) is 11.5 Å². The van der Waals surface area contributed by atoms with Gasteiger partial charge < -0.3 is 19.8 Å². The van der Waals surface area contributed by atoms with E-state index in [1.54, 1.807) is 0 Å². The van der Waals surface area contributed by atoms with Crippen LogP contribution in [0.4, 0.5) is 0 Å². The third-order valence-corrected chi connectivity index (χ3v) is 3.85. The quantitative estimate of drug-likeness (QED) is 0.837. The molecule has 0 radical (unpaired) electrons. The molecule has 0 aliphatic carbocycles. The van der Waals surface area contributed by atoms with E-state index in [2.05, 4.69) is 10.2 Å². The number of benzene rings is 1. The number of rotatable bonds is 4. The van der Waals surface area contributed by atoms with Gasteiger partial charge in [0.2, 0.25) is 12.7 Å². The summed E-state index contributed by atoms with van der Waals surface area (Å²) in [5.74, 6) is 1.89. The van der Waals surface area contributed by atoms with Crippen molar-refractivity contribution in [3.05, 3.63) is 18.2 Å². The second-order valence-corrected chi connectivity index (χ2v) is 5.13. The first kappa shape index (κ1) is 12.8. The Morgan fingerprint density at radius 1 is 1.40 bits per heavy atom. The lowest BCUT2D eigenvalue weighted by atomic mass is 10.2. The van der Waals surface area contributed by atoms with Gasteiger partial charge in [-0.2, -0.15) is 0 Å². The molecule has 7 nitrogen and oxygen atoms in total. The molecule has 0 saturated carbocycles. The molecule has 8 heteroatoms. The minimum Gasteiger partial charge on any atom is -0.454 e. The fourth-order valence-corrected chi connectivity index (χ4v) is 2.51. The van der Waals surface area contributed by atoms with Crippen molar-refractivity contribution < 1.29 is 14.3 Å².